The number of cyclic esters (lactones) is 1. The van der Waals surface area contributed by atoms with Crippen molar-refractivity contribution in [2.24, 2.45) is 0 Å². The van der Waals surface area contributed by atoms with E-state index >= 15 is 0 Å². The molecule has 2 amide bonds. The third-order valence-corrected chi connectivity index (χ3v) is 7.94. The zero-order valence-corrected chi connectivity index (χ0v) is 22.3. The maximum atomic E-state index is 12.5. The average Bonchev–Trinajstić information content (AvgIpc) is 2.95. The fourth-order valence-electron chi connectivity index (χ4n) is 5.67. The van der Waals surface area contributed by atoms with Gasteiger partial charge in [-0.15, -0.1) is 0 Å². The Morgan fingerprint density at radius 1 is 1.03 bits per heavy atom. The Balaban J connectivity index is 1.36. The zero-order valence-electron chi connectivity index (χ0n) is 22.3. The third-order valence-electron chi connectivity index (χ3n) is 7.94. The van der Waals surface area contributed by atoms with Gasteiger partial charge in [-0.2, -0.15) is 4.98 Å². The van der Waals surface area contributed by atoms with E-state index in [1.54, 1.807) is 11.1 Å². The maximum Gasteiger partial charge on any atom is 0.415 e. The van der Waals surface area contributed by atoms with Crippen LogP contribution in [0.2, 0.25) is 0 Å². The number of aromatic nitrogens is 2. The summed E-state index contributed by atoms with van der Waals surface area (Å²) in [6, 6.07) is 9.18. The number of benzene rings is 1. The highest BCUT2D eigenvalue weighted by Gasteiger charge is 2.29. The number of nitrogens with zero attached hydrogens (tertiary/aromatic N) is 5. The lowest BCUT2D eigenvalue weighted by atomic mass is 9.95. The lowest BCUT2D eigenvalue weighted by Gasteiger charge is -2.39. The molecule has 1 aromatic heterocycles. The first kappa shape index (κ1) is 26.2. The van der Waals surface area contributed by atoms with Gasteiger partial charge in [0.05, 0.1) is 11.6 Å². The second-order valence-corrected chi connectivity index (χ2v) is 10.4. The molecule has 6 rings (SSSR count). The second-order valence-electron chi connectivity index (χ2n) is 10.4. The monoisotopic (exact) mass is 518 g/mol. The quantitative estimate of drug-likeness (QED) is 0.570. The molecule has 1 saturated heterocycles. The molecule has 202 valence electrons. The number of hydrogen-bond donors (Lipinski definition) is 1. The number of piperazine rings is 1. The molecule has 5 heterocycles. The van der Waals surface area contributed by atoms with Crippen LogP contribution in [0.1, 0.15) is 74.2 Å². The van der Waals surface area contributed by atoms with E-state index < -0.39 is 0 Å². The fourth-order valence-corrected chi connectivity index (χ4v) is 5.67. The Kier molecular flexibility index (Phi) is 8.22. The number of ether oxygens (including phenoxy) is 1. The van der Waals surface area contributed by atoms with Gasteiger partial charge >= 0.3 is 6.09 Å². The Bertz CT molecular complexity index is 1150. The van der Waals surface area contributed by atoms with Crippen LogP contribution in [0.15, 0.2) is 43.1 Å². The van der Waals surface area contributed by atoms with Crippen molar-refractivity contribution < 1.29 is 14.3 Å². The summed E-state index contributed by atoms with van der Waals surface area (Å²) in [6.45, 7) is 9.74. The van der Waals surface area contributed by atoms with Gasteiger partial charge in [-0.3, -0.25) is 14.6 Å². The number of anilines is 2. The highest BCUT2D eigenvalue weighted by molar-refractivity contribution is 5.89. The molecule has 2 atom stereocenters. The SMILES string of the molecule is C=CC(=O)N1CCN(C2CCCCCCCN3C(=O)OCc4cnc(nc43)N[C@@H](C)c3ccc2cc3)CC1. The summed E-state index contributed by atoms with van der Waals surface area (Å²) in [5.74, 6) is 1.18. The number of carbonyl (C=O) groups is 2. The first-order valence-electron chi connectivity index (χ1n) is 13.9. The minimum Gasteiger partial charge on any atom is -0.444 e. The van der Waals surface area contributed by atoms with E-state index in [0.29, 0.717) is 24.4 Å². The Morgan fingerprint density at radius 3 is 2.50 bits per heavy atom. The van der Waals surface area contributed by atoms with Crippen LogP contribution < -0.4 is 10.2 Å². The number of amides is 2. The third kappa shape index (κ3) is 5.83. The predicted octanol–water partition coefficient (Wildman–Crippen LogP) is 4.83. The molecule has 4 aliphatic heterocycles. The van der Waals surface area contributed by atoms with E-state index in [1.165, 1.54) is 11.6 Å². The fraction of sp³-hybridized carbons (Fsp3) is 0.517. The van der Waals surface area contributed by atoms with Gasteiger partial charge in [0.15, 0.2) is 0 Å². The van der Waals surface area contributed by atoms with Crippen LogP contribution >= 0.6 is 0 Å². The molecule has 4 bridgehead atoms. The Morgan fingerprint density at radius 2 is 1.74 bits per heavy atom. The Hall–Kier alpha value is -3.46. The molecule has 4 aliphatic rings. The first-order chi connectivity index (χ1) is 18.5. The van der Waals surface area contributed by atoms with Crippen LogP contribution in [0.25, 0.3) is 0 Å². The van der Waals surface area contributed by atoms with Crippen LogP contribution in [0.3, 0.4) is 0 Å². The molecule has 1 N–H and O–H groups in total. The van der Waals surface area contributed by atoms with Gasteiger partial charge in [-0.05, 0) is 37.0 Å². The molecular weight excluding hydrogens is 480 g/mol. The van der Waals surface area contributed by atoms with Gasteiger partial charge in [-0.25, -0.2) is 9.78 Å². The molecule has 1 aromatic carbocycles. The maximum absolute atomic E-state index is 12.5. The first-order valence-corrected chi connectivity index (χ1v) is 13.9. The number of fused-ring (bicyclic) bond motifs is 10. The molecule has 0 radical (unpaired) electrons. The van der Waals surface area contributed by atoms with Gasteiger partial charge in [0, 0.05) is 45.0 Å². The normalized spacial score (nSPS) is 23.1. The second kappa shape index (κ2) is 11.9. The standard InChI is InChI=1S/C29H38N6O3/c1-3-26(36)34-17-15-33(16-18-34)25-9-7-5-4-6-8-14-35-27-24(20-38-29(35)37)19-30-28(32-27)31-21(2)22-10-12-23(25)13-11-22/h3,10-13,19,21,25H,1,4-9,14-18,20H2,2H3,(H,30,31,32)/t21-,25?/m0/s1. The van der Waals surface area contributed by atoms with E-state index in [0.717, 1.165) is 75.8 Å². The van der Waals surface area contributed by atoms with Crippen LogP contribution in [-0.4, -0.2) is 64.5 Å². The molecule has 9 heteroatoms. The summed E-state index contributed by atoms with van der Waals surface area (Å²) in [5, 5.41) is 3.41. The van der Waals surface area contributed by atoms with Crippen LogP contribution in [0.4, 0.5) is 16.6 Å². The molecule has 1 unspecified atom stereocenters. The van der Waals surface area contributed by atoms with Crippen LogP contribution in [0, 0.1) is 0 Å². The van der Waals surface area contributed by atoms with Crippen molar-refractivity contribution in [2.75, 3.05) is 42.9 Å². The molecular formula is C29H38N6O3. The van der Waals surface area contributed by atoms with Crippen molar-refractivity contribution in [3.05, 3.63) is 59.8 Å². The highest BCUT2D eigenvalue weighted by atomic mass is 16.6. The summed E-state index contributed by atoms with van der Waals surface area (Å²) < 4.78 is 5.36. The van der Waals surface area contributed by atoms with Gasteiger partial charge in [0.1, 0.15) is 12.4 Å². The number of nitrogens with one attached hydrogen (secondary N) is 1. The molecule has 38 heavy (non-hydrogen) atoms. The Labute approximate surface area is 224 Å². The summed E-state index contributed by atoms with van der Waals surface area (Å²) >= 11 is 0. The van der Waals surface area contributed by atoms with E-state index in [9.17, 15) is 9.59 Å². The van der Waals surface area contributed by atoms with Gasteiger partial charge in [0.2, 0.25) is 11.9 Å². The summed E-state index contributed by atoms with van der Waals surface area (Å²) in [4.78, 5) is 39.9. The minimum absolute atomic E-state index is 0.00288. The lowest BCUT2D eigenvalue weighted by Crippen LogP contribution is -2.49. The van der Waals surface area contributed by atoms with Crippen LogP contribution in [0.5, 0.6) is 0 Å². The van der Waals surface area contributed by atoms with Crippen molar-refractivity contribution in [1.29, 1.82) is 0 Å². The lowest BCUT2D eigenvalue weighted by molar-refractivity contribution is -0.128. The zero-order chi connectivity index (χ0) is 26.5. The summed E-state index contributed by atoms with van der Waals surface area (Å²) in [6.07, 6.45) is 9.28. The van der Waals surface area contributed by atoms with Crippen LogP contribution in [-0.2, 0) is 16.1 Å². The van der Waals surface area contributed by atoms with Crippen molar-refractivity contribution in [2.45, 2.75) is 64.1 Å². The van der Waals surface area contributed by atoms with Crippen molar-refractivity contribution in [3.8, 4) is 0 Å². The van der Waals surface area contributed by atoms with Gasteiger partial charge in [-0.1, -0.05) is 56.5 Å². The number of rotatable bonds is 2. The number of carbonyl (C=O) groups excluding carboxylic acids is 2. The molecule has 1 fully saturated rings. The molecule has 0 aliphatic carbocycles. The molecule has 9 nitrogen and oxygen atoms in total. The summed E-state index contributed by atoms with van der Waals surface area (Å²) in [5.41, 5.74) is 3.31. The van der Waals surface area contributed by atoms with E-state index in [-0.39, 0.29) is 24.6 Å². The van der Waals surface area contributed by atoms with Crippen molar-refractivity contribution in [3.63, 3.8) is 0 Å². The summed E-state index contributed by atoms with van der Waals surface area (Å²) in [7, 11) is 0. The predicted molar refractivity (Wildman–Crippen MR) is 147 cm³/mol. The highest BCUT2D eigenvalue weighted by Crippen LogP contribution is 2.31. The average molecular weight is 519 g/mol. The molecule has 0 spiro atoms. The van der Waals surface area contributed by atoms with Gasteiger partial charge < -0.3 is 15.0 Å². The van der Waals surface area contributed by atoms with Gasteiger partial charge in [0.25, 0.3) is 0 Å². The molecule has 0 saturated carbocycles. The largest absolute Gasteiger partial charge is 0.444 e. The molecule has 2 aromatic rings. The minimum atomic E-state index is -0.335. The topological polar surface area (TPSA) is 90.9 Å². The van der Waals surface area contributed by atoms with Crippen molar-refractivity contribution >= 4 is 23.8 Å². The van der Waals surface area contributed by atoms with Crippen molar-refractivity contribution in [1.82, 2.24) is 19.8 Å². The van der Waals surface area contributed by atoms with E-state index in [4.69, 9.17) is 9.72 Å². The van der Waals surface area contributed by atoms with E-state index in [2.05, 4.69) is 53.0 Å². The van der Waals surface area contributed by atoms with E-state index in [1.807, 2.05) is 4.90 Å². The number of hydrogen-bond acceptors (Lipinski definition) is 7. The smallest absolute Gasteiger partial charge is 0.415 e.